The summed E-state index contributed by atoms with van der Waals surface area (Å²) in [7, 11) is -5.40. The van der Waals surface area contributed by atoms with E-state index in [1.54, 1.807) is 0 Å². The maximum atomic E-state index is 15.1. The van der Waals surface area contributed by atoms with Crippen LogP contribution in [0.1, 0.15) is 24.8 Å². The standard InChI is InChI=1S/C24H32ClF2NO3SSi/c1-33(2,3)13-12-31-16-17-15-24(11-10-23(17)28,21-14-19(26)6-9-22(21)27)32(29,30)20-7-4-18(25)5-8-20/h4-9,14,17,23H,10-13,15-16,28H2,1-3H3. The second-order valence-electron chi connectivity index (χ2n) is 10.1. The smallest absolute Gasteiger partial charge is 0.188 e. The maximum Gasteiger partial charge on any atom is 0.188 e. The molecule has 0 saturated heterocycles. The van der Waals surface area contributed by atoms with Gasteiger partial charge in [-0.3, -0.25) is 0 Å². The number of ether oxygens (including phenoxy) is 1. The molecule has 0 bridgehead atoms. The van der Waals surface area contributed by atoms with E-state index in [0.717, 1.165) is 24.2 Å². The summed E-state index contributed by atoms with van der Waals surface area (Å²) in [6.07, 6.45) is 0.488. The Hall–Kier alpha value is -1.32. The van der Waals surface area contributed by atoms with Gasteiger partial charge in [-0.1, -0.05) is 31.2 Å². The number of hydrogen-bond donors (Lipinski definition) is 1. The van der Waals surface area contributed by atoms with Crippen molar-refractivity contribution in [3.8, 4) is 0 Å². The molecule has 0 aliphatic heterocycles. The lowest BCUT2D eigenvalue weighted by atomic mass is 9.74. The van der Waals surface area contributed by atoms with Crippen LogP contribution in [0.15, 0.2) is 47.4 Å². The molecule has 3 rings (SSSR count). The van der Waals surface area contributed by atoms with Gasteiger partial charge in [-0.05, 0) is 73.7 Å². The number of nitrogens with two attached hydrogens (primary N) is 1. The molecule has 0 spiro atoms. The zero-order valence-electron chi connectivity index (χ0n) is 19.3. The molecule has 3 atom stereocenters. The van der Waals surface area contributed by atoms with Gasteiger partial charge >= 0.3 is 0 Å². The molecule has 3 unspecified atom stereocenters. The van der Waals surface area contributed by atoms with E-state index in [9.17, 15) is 12.8 Å². The Bertz CT molecular complexity index is 1080. The SMILES string of the molecule is C[Si](C)(C)CCOCC1CC(c2cc(F)ccc2F)(S(=O)(=O)c2ccc(Cl)cc2)CCC1N. The van der Waals surface area contributed by atoms with Gasteiger partial charge in [-0.25, -0.2) is 17.2 Å². The van der Waals surface area contributed by atoms with Gasteiger partial charge in [0.15, 0.2) is 9.84 Å². The number of sulfone groups is 1. The number of rotatable bonds is 8. The molecule has 1 fully saturated rings. The van der Waals surface area contributed by atoms with Crippen molar-refractivity contribution in [2.75, 3.05) is 13.2 Å². The van der Waals surface area contributed by atoms with Gasteiger partial charge < -0.3 is 10.5 Å². The first-order valence-electron chi connectivity index (χ1n) is 11.1. The van der Waals surface area contributed by atoms with E-state index in [1.165, 1.54) is 24.3 Å². The van der Waals surface area contributed by atoms with Gasteiger partial charge in [0.05, 0.1) is 11.5 Å². The first kappa shape index (κ1) is 26.3. The van der Waals surface area contributed by atoms with Crippen molar-refractivity contribution in [2.24, 2.45) is 11.7 Å². The van der Waals surface area contributed by atoms with Crippen molar-refractivity contribution in [3.05, 3.63) is 64.7 Å². The summed E-state index contributed by atoms with van der Waals surface area (Å²) in [6.45, 7) is 7.60. The third-order valence-corrected chi connectivity index (χ3v) is 10.9. The van der Waals surface area contributed by atoms with Crippen molar-refractivity contribution >= 4 is 29.5 Å². The van der Waals surface area contributed by atoms with Crippen LogP contribution < -0.4 is 5.73 Å². The molecule has 1 aliphatic rings. The second-order valence-corrected chi connectivity index (χ2v) is 18.4. The van der Waals surface area contributed by atoms with E-state index < -0.39 is 34.3 Å². The van der Waals surface area contributed by atoms with Crippen molar-refractivity contribution in [3.63, 3.8) is 0 Å². The Labute approximate surface area is 201 Å². The minimum atomic E-state index is -4.11. The molecule has 9 heteroatoms. The molecular weight excluding hydrogens is 484 g/mol. The fourth-order valence-corrected chi connectivity index (χ4v) is 7.52. The van der Waals surface area contributed by atoms with Gasteiger partial charge in [-0.15, -0.1) is 0 Å². The van der Waals surface area contributed by atoms with E-state index in [-0.39, 0.29) is 41.9 Å². The summed E-state index contributed by atoms with van der Waals surface area (Å²) in [5, 5.41) is 0.388. The molecule has 33 heavy (non-hydrogen) atoms. The van der Waals surface area contributed by atoms with Crippen molar-refractivity contribution in [1.82, 2.24) is 0 Å². The highest BCUT2D eigenvalue weighted by Crippen LogP contribution is 2.49. The summed E-state index contributed by atoms with van der Waals surface area (Å²) < 4.78 is 61.5. The average Bonchev–Trinajstić information content (AvgIpc) is 2.74. The largest absolute Gasteiger partial charge is 0.381 e. The number of benzene rings is 2. The minimum absolute atomic E-state index is 0.0180. The normalized spacial score (nSPS) is 24.1. The van der Waals surface area contributed by atoms with Crippen LogP contribution >= 0.6 is 11.6 Å². The maximum absolute atomic E-state index is 15.1. The average molecular weight is 516 g/mol. The second kappa shape index (κ2) is 10.1. The number of hydrogen-bond acceptors (Lipinski definition) is 4. The fraction of sp³-hybridized carbons (Fsp3) is 0.500. The van der Waals surface area contributed by atoms with Gasteiger partial charge in [0.25, 0.3) is 0 Å². The molecule has 0 radical (unpaired) electrons. The molecule has 2 aromatic rings. The van der Waals surface area contributed by atoms with Crippen LogP contribution in [0.2, 0.25) is 30.7 Å². The highest BCUT2D eigenvalue weighted by molar-refractivity contribution is 7.92. The Morgan fingerprint density at radius 3 is 2.45 bits per heavy atom. The van der Waals surface area contributed by atoms with E-state index in [4.69, 9.17) is 22.1 Å². The van der Waals surface area contributed by atoms with E-state index in [2.05, 4.69) is 19.6 Å². The van der Waals surface area contributed by atoms with Crippen LogP contribution in [0.4, 0.5) is 8.78 Å². The van der Waals surface area contributed by atoms with Crippen molar-refractivity contribution in [2.45, 2.75) is 60.6 Å². The van der Waals surface area contributed by atoms with Gasteiger partial charge in [0, 0.05) is 31.3 Å². The molecule has 0 amide bonds. The lowest BCUT2D eigenvalue weighted by Crippen LogP contribution is -2.49. The van der Waals surface area contributed by atoms with Crippen LogP contribution in [0.3, 0.4) is 0 Å². The van der Waals surface area contributed by atoms with Gasteiger partial charge in [-0.2, -0.15) is 0 Å². The topological polar surface area (TPSA) is 69.4 Å². The molecule has 1 saturated carbocycles. The first-order valence-corrected chi connectivity index (χ1v) is 16.7. The molecule has 2 N–H and O–H groups in total. The summed E-state index contributed by atoms with van der Waals surface area (Å²) in [5.41, 5.74) is 6.21. The number of halogens is 3. The van der Waals surface area contributed by atoms with Crippen molar-refractivity contribution in [1.29, 1.82) is 0 Å². The summed E-state index contributed by atoms with van der Waals surface area (Å²) >= 11 is 5.96. The highest BCUT2D eigenvalue weighted by atomic mass is 35.5. The molecule has 1 aliphatic carbocycles. The van der Waals surface area contributed by atoms with Gasteiger partial charge in [0.2, 0.25) is 0 Å². The third-order valence-electron chi connectivity index (χ3n) is 6.46. The fourth-order valence-electron chi connectivity index (χ4n) is 4.43. The molecule has 2 aromatic carbocycles. The summed E-state index contributed by atoms with van der Waals surface area (Å²) in [6, 6.07) is 9.44. The monoisotopic (exact) mass is 515 g/mol. The van der Waals surface area contributed by atoms with E-state index in [1.807, 2.05) is 0 Å². The van der Waals surface area contributed by atoms with Crippen LogP contribution in [0.25, 0.3) is 0 Å². The zero-order chi connectivity index (χ0) is 24.4. The summed E-state index contributed by atoms with van der Waals surface area (Å²) in [5.74, 6) is -1.75. The third kappa shape index (κ3) is 5.85. The molecule has 0 aromatic heterocycles. The Morgan fingerprint density at radius 2 is 1.82 bits per heavy atom. The van der Waals surface area contributed by atoms with E-state index in [0.29, 0.717) is 18.1 Å². The van der Waals surface area contributed by atoms with Crippen molar-refractivity contribution < 1.29 is 21.9 Å². The van der Waals surface area contributed by atoms with Gasteiger partial charge in [0.1, 0.15) is 16.4 Å². The molecular formula is C24H32ClF2NO3SSi. The molecule has 4 nitrogen and oxygen atoms in total. The predicted octanol–water partition coefficient (Wildman–Crippen LogP) is 5.77. The molecule has 182 valence electrons. The lowest BCUT2D eigenvalue weighted by molar-refractivity contribution is 0.0753. The highest BCUT2D eigenvalue weighted by Gasteiger charge is 2.52. The van der Waals surface area contributed by atoms with Crippen LogP contribution in [0, 0.1) is 17.6 Å². The lowest BCUT2D eigenvalue weighted by Gasteiger charge is -2.43. The Kier molecular flexibility index (Phi) is 8.06. The van der Waals surface area contributed by atoms with Crippen LogP contribution in [-0.4, -0.2) is 35.7 Å². The summed E-state index contributed by atoms with van der Waals surface area (Å²) in [4.78, 5) is 0.0180. The Balaban J connectivity index is 2.02. The first-order chi connectivity index (χ1) is 15.4. The van der Waals surface area contributed by atoms with Crippen LogP contribution in [0.5, 0.6) is 0 Å². The van der Waals surface area contributed by atoms with E-state index >= 15 is 4.39 Å². The minimum Gasteiger partial charge on any atom is -0.381 e. The van der Waals surface area contributed by atoms with Crippen LogP contribution in [-0.2, 0) is 19.3 Å². The predicted molar refractivity (Wildman–Crippen MR) is 131 cm³/mol. The quantitative estimate of drug-likeness (QED) is 0.358. The zero-order valence-corrected chi connectivity index (χ0v) is 21.9. The Morgan fingerprint density at radius 1 is 1.15 bits per heavy atom. The molecule has 0 heterocycles.